The fourth-order valence-corrected chi connectivity index (χ4v) is 4.40. The van der Waals surface area contributed by atoms with E-state index in [9.17, 15) is 14.4 Å². The molecule has 0 saturated carbocycles. The second kappa shape index (κ2) is 9.12. The molecule has 2 aliphatic rings. The Morgan fingerprint density at radius 2 is 2.18 bits per heavy atom. The minimum Gasteiger partial charge on any atom is -0.370 e. The van der Waals surface area contributed by atoms with E-state index in [1.807, 2.05) is 6.07 Å². The number of aromatic nitrogens is 5. The molecule has 0 bridgehead atoms. The van der Waals surface area contributed by atoms with E-state index >= 15 is 0 Å². The van der Waals surface area contributed by atoms with Crippen LogP contribution in [0.3, 0.4) is 0 Å². The number of morpholine rings is 1. The third-order valence-corrected chi connectivity index (χ3v) is 6.28. The van der Waals surface area contributed by atoms with E-state index in [1.165, 1.54) is 17.1 Å². The van der Waals surface area contributed by atoms with Crippen molar-refractivity contribution in [2.24, 2.45) is 0 Å². The van der Waals surface area contributed by atoms with Gasteiger partial charge in [0.25, 0.3) is 0 Å². The van der Waals surface area contributed by atoms with Gasteiger partial charge < -0.3 is 15.0 Å². The molecule has 0 aliphatic carbocycles. The smallest absolute Gasteiger partial charge is 0.321 e. The maximum absolute atomic E-state index is 13.9. The number of urea groups is 1. The average molecular weight is 468 g/mol. The molecule has 4 heterocycles. The SMILES string of the molecule is Cc1c([C@@H]2CN3CCN(C(=O)Nc4ccc(-n5cnnn5)nc4)CC3CO2)ccc(F)c1C#N.[HH].[HH]. The Bertz CT molecular complexity index is 1240. The maximum atomic E-state index is 13.9. The summed E-state index contributed by atoms with van der Waals surface area (Å²) in [6, 6.07) is 8.27. The molecule has 2 amide bonds. The van der Waals surface area contributed by atoms with Gasteiger partial charge in [-0.05, 0) is 46.7 Å². The summed E-state index contributed by atoms with van der Waals surface area (Å²) in [6.45, 7) is 4.60. The molecule has 1 N–H and O–H groups in total. The quantitative estimate of drug-likeness (QED) is 0.621. The van der Waals surface area contributed by atoms with Crippen molar-refractivity contribution in [3.63, 3.8) is 0 Å². The van der Waals surface area contributed by atoms with E-state index in [1.54, 1.807) is 36.2 Å². The van der Waals surface area contributed by atoms with Crippen LogP contribution in [0, 0.1) is 24.1 Å². The molecule has 2 aliphatic heterocycles. The van der Waals surface area contributed by atoms with Crippen LogP contribution in [0.4, 0.5) is 14.9 Å². The molecule has 3 aromatic rings. The Hall–Kier alpha value is -3.95. The number of fused-ring (bicyclic) bond motifs is 1. The number of rotatable bonds is 3. The molecule has 0 radical (unpaired) electrons. The Labute approximate surface area is 197 Å². The highest BCUT2D eigenvalue weighted by Crippen LogP contribution is 2.31. The zero-order chi connectivity index (χ0) is 23.7. The molecule has 12 heteroatoms. The van der Waals surface area contributed by atoms with Crippen LogP contribution in [0.1, 0.15) is 25.6 Å². The summed E-state index contributed by atoms with van der Waals surface area (Å²) in [5.74, 6) is 0.0288. The number of ether oxygens (including phenoxy) is 1. The lowest BCUT2D eigenvalue weighted by Crippen LogP contribution is -2.60. The van der Waals surface area contributed by atoms with Crippen molar-refractivity contribution in [2.75, 3.05) is 38.1 Å². The summed E-state index contributed by atoms with van der Waals surface area (Å²) in [6.07, 6.45) is 2.76. The number of nitrogens with zero attached hydrogens (tertiary/aromatic N) is 8. The number of tetrazole rings is 1. The van der Waals surface area contributed by atoms with Gasteiger partial charge in [0.15, 0.2) is 5.82 Å². The topological polar surface area (TPSA) is 125 Å². The lowest BCUT2D eigenvalue weighted by atomic mass is 9.96. The number of amides is 2. The van der Waals surface area contributed by atoms with E-state index in [4.69, 9.17) is 4.74 Å². The number of carbonyl (C=O) groups excluding carboxylic acids is 1. The summed E-state index contributed by atoms with van der Waals surface area (Å²) in [7, 11) is 0. The first-order chi connectivity index (χ1) is 16.5. The molecule has 2 aromatic heterocycles. The Kier molecular flexibility index (Phi) is 5.87. The number of hydrogen-bond donors (Lipinski definition) is 1. The van der Waals surface area contributed by atoms with Gasteiger partial charge >= 0.3 is 6.03 Å². The third-order valence-electron chi connectivity index (χ3n) is 6.28. The number of hydrogen-bond acceptors (Lipinski definition) is 8. The number of nitrogens with one attached hydrogen (secondary N) is 1. The molecule has 1 unspecified atom stereocenters. The summed E-state index contributed by atoms with van der Waals surface area (Å²) < 4.78 is 21.4. The van der Waals surface area contributed by atoms with Crippen molar-refractivity contribution in [1.82, 2.24) is 35.0 Å². The normalized spacial score (nSPS) is 20.4. The number of pyridine rings is 1. The summed E-state index contributed by atoms with van der Waals surface area (Å²) in [5.41, 5.74) is 2.08. The molecule has 178 valence electrons. The van der Waals surface area contributed by atoms with Crippen molar-refractivity contribution >= 4 is 11.7 Å². The monoisotopic (exact) mass is 467 g/mol. The number of anilines is 1. The van der Waals surface area contributed by atoms with E-state index in [-0.39, 0.29) is 26.6 Å². The van der Waals surface area contributed by atoms with Gasteiger partial charge in [-0.3, -0.25) is 4.90 Å². The highest BCUT2D eigenvalue weighted by molar-refractivity contribution is 5.89. The van der Waals surface area contributed by atoms with E-state index < -0.39 is 5.82 Å². The Morgan fingerprint density at radius 1 is 1.29 bits per heavy atom. The number of nitriles is 1. The van der Waals surface area contributed by atoms with Crippen molar-refractivity contribution in [3.8, 4) is 11.9 Å². The van der Waals surface area contributed by atoms with Crippen LogP contribution in [0.5, 0.6) is 0 Å². The van der Waals surface area contributed by atoms with Crippen LogP contribution in [0.2, 0.25) is 0 Å². The lowest BCUT2D eigenvalue weighted by molar-refractivity contribution is -0.0844. The standard InChI is InChI=1S/C22H22FN9O2.2H2/c1-14-17(3-4-19(23)18(14)8-24)20-11-30-6-7-31(10-16(30)12-34-20)22(33)27-15-2-5-21(25-9-15)32-13-26-28-29-32;;/h2-5,9,13,16,20H,6-7,10-12H2,1H3,(H,27,33);2*1H/t16?,20-;;/m0../s1. The van der Waals surface area contributed by atoms with E-state index in [0.29, 0.717) is 49.9 Å². The maximum Gasteiger partial charge on any atom is 0.321 e. The second-order valence-electron chi connectivity index (χ2n) is 8.25. The van der Waals surface area contributed by atoms with Crippen LogP contribution in [-0.4, -0.2) is 79.8 Å². The average Bonchev–Trinajstić information content (AvgIpc) is 3.39. The first-order valence-electron chi connectivity index (χ1n) is 10.8. The third kappa shape index (κ3) is 4.18. The van der Waals surface area contributed by atoms with Crippen molar-refractivity contribution < 1.29 is 16.8 Å². The largest absolute Gasteiger partial charge is 0.370 e. The zero-order valence-corrected chi connectivity index (χ0v) is 18.4. The predicted molar refractivity (Wildman–Crippen MR) is 122 cm³/mol. The Balaban J connectivity index is 0.00000180. The first kappa shape index (κ1) is 21.9. The molecule has 0 spiro atoms. The van der Waals surface area contributed by atoms with Crippen molar-refractivity contribution in [1.29, 1.82) is 5.26 Å². The molecule has 2 saturated heterocycles. The summed E-state index contributed by atoms with van der Waals surface area (Å²) in [4.78, 5) is 21.1. The van der Waals surface area contributed by atoms with Crippen LogP contribution in [0.25, 0.3) is 5.82 Å². The van der Waals surface area contributed by atoms with Gasteiger partial charge in [-0.15, -0.1) is 5.10 Å². The highest BCUT2D eigenvalue weighted by Gasteiger charge is 2.36. The van der Waals surface area contributed by atoms with E-state index in [2.05, 4.69) is 30.7 Å². The molecular weight excluding hydrogens is 441 g/mol. The van der Waals surface area contributed by atoms with Gasteiger partial charge in [-0.1, -0.05) is 6.07 Å². The Morgan fingerprint density at radius 3 is 2.91 bits per heavy atom. The molecule has 1 aromatic carbocycles. The predicted octanol–water partition coefficient (Wildman–Crippen LogP) is 2.16. The molecule has 2 fully saturated rings. The summed E-state index contributed by atoms with van der Waals surface area (Å²) >= 11 is 0. The number of carbonyl (C=O) groups is 1. The van der Waals surface area contributed by atoms with Gasteiger partial charge in [-0.25, -0.2) is 14.2 Å². The van der Waals surface area contributed by atoms with Crippen LogP contribution in [-0.2, 0) is 4.74 Å². The lowest BCUT2D eigenvalue weighted by Gasteiger charge is -2.46. The van der Waals surface area contributed by atoms with E-state index in [0.717, 1.165) is 5.56 Å². The zero-order valence-electron chi connectivity index (χ0n) is 18.4. The first-order valence-corrected chi connectivity index (χ1v) is 10.8. The number of piperazine rings is 1. The van der Waals surface area contributed by atoms with Gasteiger partial charge in [-0.2, -0.15) is 9.94 Å². The molecule has 5 rings (SSSR count). The van der Waals surface area contributed by atoms with Crippen molar-refractivity contribution in [3.05, 3.63) is 59.3 Å². The minimum absolute atomic E-state index is 0. The van der Waals surface area contributed by atoms with Gasteiger partial charge in [0.2, 0.25) is 0 Å². The molecule has 34 heavy (non-hydrogen) atoms. The van der Waals surface area contributed by atoms with Crippen LogP contribution in [0.15, 0.2) is 36.8 Å². The fraction of sp³-hybridized carbons (Fsp3) is 0.364. The van der Waals surface area contributed by atoms with Gasteiger partial charge in [0.05, 0.1) is 36.2 Å². The minimum atomic E-state index is -0.516. The fourth-order valence-electron chi connectivity index (χ4n) is 4.40. The van der Waals surface area contributed by atoms with Crippen LogP contribution >= 0.6 is 0 Å². The number of halogens is 1. The molecule has 11 nitrogen and oxygen atoms in total. The number of benzene rings is 1. The molecule has 2 atom stereocenters. The van der Waals surface area contributed by atoms with Gasteiger partial charge in [0.1, 0.15) is 18.2 Å². The molecular formula is C22H26FN9O2. The second-order valence-corrected chi connectivity index (χ2v) is 8.25. The summed E-state index contributed by atoms with van der Waals surface area (Å²) in [5, 5.41) is 23.1. The highest BCUT2D eigenvalue weighted by atomic mass is 19.1. The van der Waals surface area contributed by atoms with Gasteiger partial charge in [0, 0.05) is 29.0 Å². The van der Waals surface area contributed by atoms with Crippen molar-refractivity contribution in [2.45, 2.75) is 19.1 Å². The van der Waals surface area contributed by atoms with Crippen LogP contribution < -0.4 is 5.32 Å².